The number of carbonyl (C=O) groups excluding carboxylic acids is 1. The second-order valence-corrected chi connectivity index (χ2v) is 4.86. The molecule has 0 aliphatic carbocycles. The van der Waals surface area contributed by atoms with Gasteiger partial charge in [-0.1, -0.05) is 18.2 Å². The number of rotatable bonds is 3. The lowest BCUT2D eigenvalue weighted by Crippen LogP contribution is -2.31. The number of nitrogen functional groups attached to an aromatic ring is 1. The highest BCUT2D eigenvalue weighted by Crippen LogP contribution is 2.29. The van der Waals surface area contributed by atoms with Gasteiger partial charge in [-0.3, -0.25) is 4.79 Å². The monoisotopic (exact) mass is 284 g/mol. The lowest BCUT2D eigenvalue weighted by atomic mass is 10.1. The molecule has 0 radical (unpaired) electrons. The number of anilines is 2. The number of fused-ring (bicyclic) bond motifs is 1. The van der Waals surface area contributed by atoms with Crippen molar-refractivity contribution in [2.45, 2.75) is 12.5 Å². The molecule has 1 atom stereocenters. The Kier molecular flexibility index (Phi) is 3.39. The summed E-state index contributed by atoms with van der Waals surface area (Å²) in [5.74, 6) is 1.17. The number of carbonyl (C=O) groups is 1. The maximum Gasteiger partial charge on any atom is 0.265 e. The summed E-state index contributed by atoms with van der Waals surface area (Å²) in [6.07, 6.45) is 0.0684. The van der Waals surface area contributed by atoms with Crippen LogP contribution in [0.1, 0.15) is 5.56 Å². The highest BCUT2D eigenvalue weighted by atomic mass is 16.5. The van der Waals surface area contributed by atoms with E-state index < -0.39 is 6.10 Å². The number of hydrogen-bond donors (Lipinski definition) is 2. The summed E-state index contributed by atoms with van der Waals surface area (Å²) in [6.45, 7) is 0. The summed E-state index contributed by atoms with van der Waals surface area (Å²) in [6, 6.07) is 12.8. The van der Waals surface area contributed by atoms with Crippen molar-refractivity contribution in [3.05, 3.63) is 48.0 Å². The maximum absolute atomic E-state index is 12.2. The molecule has 3 rings (SSSR count). The van der Waals surface area contributed by atoms with Gasteiger partial charge in [-0.05, 0) is 29.8 Å². The van der Waals surface area contributed by atoms with E-state index in [0.717, 1.165) is 11.3 Å². The molecule has 21 heavy (non-hydrogen) atoms. The predicted octanol–water partition coefficient (Wildman–Crippen LogP) is 2.22. The van der Waals surface area contributed by atoms with Gasteiger partial charge in [0.15, 0.2) is 6.10 Å². The minimum Gasteiger partial charge on any atom is -0.495 e. The highest BCUT2D eigenvalue weighted by Gasteiger charge is 2.28. The van der Waals surface area contributed by atoms with Crippen molar-refractivity contribution < 1.29 is 14.3 Å². The quantitative estimate of drug-likeness (QED) is 0.848. The van der Waals surface area contributed by atoms with Gasteiger partial charge < -0.3 is 20.5 Å². The Bertz CT molecular complexity index is 660. The highest BCUT2D eigenvalue weighted by molar-refractivity contribution is 5.95. The largest absolute Gasteiger partial charge is 0.495 e. The third-order valence-electron chi connectivity index (χ3n) is 3.44. The third-order valence-corrected chi connectivity index (χ3v) is 3.44. The average Bonchev–Trinajstić information content (AvgIpc) is 2.91. The Balaban J connectivity index is 1.69. The summed E-state index contributed by atoms with van der Waals surface area (Å²) in [5, 5.41) is 2.81. The van der Waals surface area contributed by atoms with Crippen molar-refractivity contribution in [1.29, 1.82) is 0 Å². The van der Waals surface area contributed by atoms with E-state index in [9.17, 15) is 4.79 Å². The molecule has 1 amide bonds. The molecule has 0 saturated carbocycles. The van der Waals surface area contributed by atoms with E-state index in [1.165, 1.54) is 0 Å². The number of hydrogen-bond acceptors (Lipinski definition) is 4. The van der Waals surface area contributed by atoms with Gasteiger partial charge in [-0.25, -0.2) is 0 Å². The van der Waals surface area contributed by atoms with Crippen molar-refractivity contribution in [3.63, 3.8) is 0 Å². The minimum atomic E-state index is -0.509. The summed E-state index contributed by atoms with van der Waals surface area (Å²) in [5.41, 5.74) is 7.97. The molecule has 5 heteroatoms. The smallest absolute Gasteiger partial charge is 0.265 e. The number of nitrogens with two attached hydrogens (primary N) is 1. The van der Waals surface area contributed by atoms with Gasteiger partial charge in [0.25, 0.3) is 5.91 Å². The zero-order valence-electron chi connectivity index (χ0n) is 11.6. The fraction of sp³-hybridized carbons (Fsp3) is 0.188. The molecule has 108 valence electrons. The van der Waals surface area contributed by atoms with Gasteiger partial charge in [0.1, 0.15) is 11.5 Å². The molecule has 5 nitrogen and oxygen atoms in total. The molecule has 2 aromatic carbocycles. The van der Waals surface area contributed by atoms with Gasteiger partial charge in [-0.2, -0.15) is 0 Å². The first kappa shape index (κ1) is 13.3. The van der Waals surface area contributed by atoms with E-state index in [1.807, 2.05) is 24.3 Å². The minimum absolute atomic E-state index is 0.184. The molecule has 0 bridgehead atoms. The van der Waals surface area contributed by atoms with E-state index in [-0.39, 0.29) is 5.91 Å². The first-order chi connectivity index (χ1) is 10.2. The SMILES string of the molecule is COc1ccc(NC(=O)C2Cc3ccccc3O2)cc1N. The molecule has 0 saturated heterocycles. The van der Waals surface area contributed by atoms with Crippen LogP contribution in [0.4, 0.5) is 11.4 Å². The summed E-state index contributed by atoms with van der Waals surface area (Å²) < 4.78 is 10.7. The molecule has 1 aliphatic rings. The first-order valence-corrected chi connectivity index (χ1v) is 6.66. The van der Waals surface area contributed by atoms with E-state index in [1.54, 1.807) is 25.3 Å². The average molecular weight is 284 g/mol. The van der Waals surface area contributed by atoms with E-state index in [2.05, 4.69) is 5.32 Å². The molecule has 0 spiro atoms. The second kappa shape index (κ2) is 5.36. The van der Waals surface area contributed by atoms with E-state index in [0.29, 0.717) is 23.5 Å². The Labute approximate surface area is 122 Å². The number of ether oxygens (including phenoxy) is 2. The third kappa shape index (κ3) is 2.63. The van der Waals surface area contributed by atoms with Crippen LogP contribution in [0.5, 0.6) is 11.5 Å². The second-order valence-electron chi connectivity index (χ2n) is 4.86. The number of nitrogens with one attached hydrogen (secondary N) is 1. The standard InChI is InChI=1S/C16H16N2O3/c1-20-14-7-6-11(9-12(14)17)18-16(19)15-8-10-4-2-3-5-13(10)21-15/h2-7,9,15H,8,17H2,1H3,(H,18,19). The lowest BCUT2D eigenvalue weighted by molar-refractivity contribution is -0.122. The molecule has 0 aromatic heterocycles. The van der Waals surface area contributed by atoms with Crippen LogP contribution in [0, 0.1) is 0 Å². The number of amides is 1. The fourth-order valence-corrected chi connectivity index (χ4v) is 2.36. The van der Waals surface area contributed by atoms with Crippen LogP contribution >= 0.6 is 0 Å². The number of benzene rings is 2. The zero-order chi connectivity index (χ0) is 14.8. The van der Waals surface area contributed by atoms with Crippen molar-refractivity contribution in [2.24, 2.45) is 0 Å². The summed E-state index contributed by atoms with van der Waals surface area (Å²) >= 11 is 0. The first-order valence-electron chi connectivity index (χ1n) is 6.66. The van der Waals surface area contributed by atoms with Gasteiger partial charge in [0.2, 0.25) is 0 Å². The Morgan fingerprint density at radius 2 is 2.14 bits per heavy atom. The lowest BCUT2D eigenvalue weighted by Gasteiger charge is -2.12. The van der Waals surface area contributed by atoms with E-state index in [4.69, 9.17) is 15.2 Å². The fourth-order valence-electron chi connectivity index (χ4n) is 2.36. The Morgan fingerprint density at radius 1 is 1.33 bits per heavy atom. The summed E-state index contributed by atoms with van der Waals surface area (Å²) in [7, 11) is 1.55. The van der Waals surface area contributed by atoms with Crippen LogP contribution in [0.3, 0.4) is 0 Å². The molecule has 0 fully saturated rings. The molecular formula is C16H16N2O3. The topological polar surface area (TPSA) is 73.6 Å². The molecular weight excluding hydrogens is 268 g/mol. The van der Waals surface area contributed by atoms with Crippen molar-refractivity contribution in [3.8, 4) is 11.5 Å². The van der Waals surface area contributed by atoms with Crippen molar-refractivity contribution in [1.82, 2.24) is 0 Å². The molecule has 2 aromatic rings. The van der Waals surface area contributed by atoms with Crippen LogP contribution in [-0.2, 0) is 11.2 Å². The van der Waals surface area contributed by atoms with Crippen molar-refractivity contribution in [2.75, 3.05) is 18.2 Å². The molecule has 1 unspecified atom stereocenters. The predicted molar refractivity (Wildman–Crippen MR) is 80.6 cm³/mol. The van der Waals surface area contributed by atoms with Gasteiger partial charge in [0, 0.05) is 12.1 Å². The van der Waals surface area contributed by atoms with Crippen LogP contribution in [0.15, 0.2) is 42.5 Å². The number of para-hydroxylation sites is 1. The maximum atomic E-state index is 12.2. The zero-order valence-corrected chi connectivity index (χ0v) is 11.6. The molecule has 1 heterocycles. The van der Waals surface area contributed by atoms with E-state index >= 15 is 0 Å². The van der Waals surface area contributed by atoms with Crippen LogP contribution in [-0.4, -0.2) is 19.1 Å². The van der Waals surface area contributed by atoms with Gasteiger partial charge >= 0.3 is 0 Å². The molecule has 1 aliphatic heterocycles. The van der Waals surface area contributed by atoms with Gasteiger partial charge in [-0.15, -0.1) is 0 Å². The molecule has 3 N–H and O–H groups in total. The normalized spacial score (nSPS) is 16.0. The van der Waals surface area contributed by atoms with Gasteiger partial charge in [0.05, 0.1) is 12.8 Å². The van der Waals surface area contributed by atoms with Crippen LogP contribution < -0.4 is 20.5 Å². The Morgan fingerprint density at radius 3 is 2.86 bits per heavy atom. The van der Waals surface area contributed by atoms with Crippen LogP contribution in [0.2, 0.25) is 0 Å². The summed E-state index contributed by atoms with van der Waals surface area (Å²) in [4.78, 5) is 12.2. The van der Waals surface area contributed by atoms with Crippen molar-refractivity contribution >= 4 is 17.3 Å². The Hall–Kier alpha value is -2.69. The number of methoxy groups -OCH3 is 1. The van der Waals surface area contributed by atoms with Crippen LogP contribution in [0.25, 0.3) is 0 Å².